The van der Waals surface area contributed by atoms with E-state index in [0.29, 0.717) is 35.3 Å². The molecule has 332 valence electrons. The van der Waals surface area contributed by atoms with E-state index in [1.165, 1.54) is 27.9 Å². The SMILES string of the molecule is CC(C)=CCC/C(C)=C/CC/C(C)=C/CC/C(C)=C/CC/C(C)=C/CC(/C(C)=C/CC/C(C)=C/CC12C(=O)c3ccccc3C(=O)C1(C)C1C=CC2C1)S(=O)(=O)c1ccccc1. The Morgan fingerprint density at radius 1 is 0.581 bits per heavy atom. The first-order valence-corrected chi connectivity index (χ1v) is 24.8. The Balaban J connectivity index is 1.18. The predicted molar refractivity (Wildman–Crippen MR) is 261 cm³/mol. The lowest BCUT2D eigenvalue weighted by Gasteiger charge is -2.50. The molecule has 0 aromatic heterocycles. The number of Topliss-reactive ketones (excluding diaryl/α,β-unsaturated/α-hetero) is 2. The summed E-state index contributed by atoms with van der Waals surface area (Å²) in [4.78, 5) is 28.9. The molecule has 2 bridgehead atoms. The van der Waals surface area contributed by atoms with Gasteiger partial charge in [0.15, 0.2) is 21.4 Å². The first-order chi connectivity index (χ1) is 29.5. The van der Waals surface area contributed by atoms with Gasteiger partial charge in [0.2, 0.25) is 0 Å². The van der Waals surface area contributed by atoms with E-state index in [1.807, 2.05) is 44.2 Å². The van der Waals surface area contributed by atoms with Gasteiger partial charge in [-0.25, -0.2) is 8.42 Å². The van der Waals surface area contributed by atoms with E-state index in [-0.39, 0.29) is 23.4 Å². The van der Waals surface area contributed by atoms with Gasteiger partial charge < -0.3 is 0 Å². The summed E-state index contributed by atoms with van der Waals surface area (Å²) in [6.45, 7) is 19.2. The largest absolute Gasteiger partial charge is 0.293 e. The molecule has 5 heteroatoms. The molecule has 0 saturated heterocycles. The average Bonchev–Trinajstić information content (AvgIpc) is 3.83. The third-order valence-corrected chi connectivity index (χ3v) is 16.5. The molecular formula is C57H74O4S. The summed E-state index contributed by atoms with van der Waals surface area (Å²) < 4.78 is 28.3. The van der Waals surface area contributed by atoms with Gasteiger partial charge in [0.25, 0.3) is 0 Å². The second-order valence-electron chi connectivity index (χ2n) is 19.2. The van der Waals surface area contributed by atoms with Gasteiger partial charge in [0.1, 0.15) is 0 Å². The molecule has 0 N–H and O–H groups in total. The Hall–Kier alpha value is -4.35. The van der Waals surface area contributed by atoms with Gasteiger partial charge in [0, 0.05) is 11.1 Å². The Labute approximate surface area is 375 Å². The Morgan fingerprint density at radius 3 is 1.58 bits per heavy atom. The van der Waals surface area contributed by atoms with Crippen LogP contribution in [0.3, 0.4) is 0 Å². The summed E-state index contributed by atoms with van der Waals surface area (Å²) in [5.74, 6) is 0.307. The summed E-state index contributed by atoms with van der Waals surface area (Å²) in [5.41, 5.74) is 8.51. The second-order valence-corrected chi connectivity index (χ2v) is 21.3. The molecule has 2 aromatic rings. The molecule has 0 amide bonds. The molecule has 0 radical (unpaired) electrons. The van der Waals surface area contributed by atoms with Crippen molar-refractivity contribution in [3.8, 4) is 0 Å². The Morgan fingerprint density at radius 2 is 1.03 bits per heavy atom. The van der Waals surface area contributed by atoms with Crippen LogP contribution < -0.4 is 0 Å². The number of sulfone groups is 1. The summed E-state index contributed by atoms with van der Waals surface area (Å²) in [7, 11) is -3.62. The molecule has 1 fully saturated rings. The van der Waals surface area contributed by atoms with Crippen LogP contribution in [0.15, 0.2) is 153 Å². The van der Waals surface area contributed by atoms with E-state index in [9.17, 15) is 18.0 Å². The van der Waals surface area contributed by atoms with Gasteiger partial charge >= 0.3 is 0 Å². The first kappa shape index (κ1) is 48.7. The van der Waals surface area contributed by atoms with Crippen LogP contribution in [0.5, 0.6) is 0 Å². The molecule has 0 spiro atoms. The molecule has 0 heterocycles. The van der Waals surface area contributed by atoms with Crippen LogP contribution in [0, 0.1) is 22.7 Å². The van der Waals surface area contributed by atoms with Crippen LogP contribution in [0.2, 0.25) is 0 Å². The van der Waals surface area contributed by atoms with Crippen molar-refractivity contribution in [3.05, 3.63) is 159 Å². The number of carbonyl (C=O) groups is 2. The minimum Gasteiger partial charge on any atom is -0.293 e. The normalized spacial score (nSPS) is 23.8. The van der Waals surface area contributed by atoms with Crippen molar-refractivity contribution in [2.24, 2.45) is 22.7 Å². The van der Waals surface area contributed by atoms with Crippen LogP contribution in [-0.2, 0) is 9.84 Å². The van der Waals surface area contributed by atoms with Crippen LogP contribution in [0.25, 0.3) is 0 Å². The maximum atomic E-state index is 14.4. The van der Waals surface area contributed by atoms with Crippen molar-refractivity contribution >= 4 is 21.4 Å². The lowest BCUT2D eigenvalue weighted by molar-refractivity contribution is 0.0242. The van der Waals surface area contributed by atoms with Gasteiger partial charge in [0.05, 0.1) is 21.0 Å². The number of rotatable bonds is 22. The quantitative estimate of drug-likeness (QED) is 0.111. The summed E-state index contributed by atoms with van der Waals surface area (Å²) >= 11 is 0. The average molecular weight is 855 g/mol. The number of carbonyl (C=O) groups excluding carboxylic acids is 2. The number of fused-ring (bicyclic) bond motifs is 6. The second kappa shape index (κ2) is 21.8. The molecule has 5 atom stereocenters. The van der Waals surface area contributed by atoms with Crippen molar-refractivity contribution < 1.29 is 18.0 Å². The fourth-order valence-electron chi connectivity index (χ4n) is 10.2. The number of ketones is 2. The van der Waals surface area contributed by atoms with Crippen molar-refractivity contribution in [1.82, 2.24) is 0 Å². The Kier molecular flexibility index (Phi) is 17.1. The summed E-state index contributed by atoms with van der Waals surface area (Å²) in [6, 6.07) is 16.2. The van der Waals surface area contributed by atoms with E-state index in [0.717, 1.165) is 75.4 Å². The zero-order chi connectivity index (χ0) is 45.1. The highest BCUT2D eigenvalue weighted by atomic mass is 32.2. The first-order valence-electron chi connectivity index (χ1n) is 23.3. The van der Waals surface area contributed by atoms with E-state index in [1.54, 1.807) is 24.3 Å². The van der Waals surface area contributed by atoms with Gasteiger partial charge in [-0.2, -0.15) is 0 Å². The molecule has 5 rings (SSSR count). The molecule has 62 heavy (non-hydrogen) atoms. The third-order valence-electron chi connectivity index (χ3n) is 14.3. The highest BCUT2D eigenvalue weighted by molar-refractivity contribution is 7.92. The smallest absolute Gasteiger partial charge is 0.185 e. The molecular weight excluding hydrogens is 781 g/mol. The van der Waals surface area contributed by atoms with E-state index in [2.05, 4.69) is 103 Å². The molecule has 3 aliphatic rings. The lowest BCUT2D eigenvalue weighted by Crippen LogP contribution is -2.56. The minimum atomic E-state index is -3.62. The highest BCUT2D eigenvalue weighted by Crippen LogP contribution is 2.69. The van der Waals surface area contributed by atoms with Crippen LogP contribution in [0.4, 0.5) is 0 Å². The molecule has 3 aliphatic carbocycles. The van der Waals surface area contributed by atoms with Crippen LogP contribution in [-0.4, -0.2) is 25.2 Å². The fourth-order valence-corrected chi connectivity index (χ4v) is 12.0. The summed E-state index contributed by atoms with van der Waals surface area (Å²) in [6.07, 6.45) is 31.8. The van der Waals surface area contributed by atoms with E-state index >= 15 is 0 Å². The van der Waals surface area contributed by atoms with Gasteiger partial charge in [-0.05, 0) is 163 Å². The monoisotopic (exact) mass is 855 g/mol. The van der Waals surface area contributed by atoms with Gasteiger partial charge in [-0.3, -0.25) is 9.59 Å². The maximum absolute atomic E-state index is 14.4. The fraction of sp³-hybridized carbons (Fsp3) is 0.474. The molecule has 5 unspecified atom stereocenters. The standard InChI is InChI=1S/C57H74O4S/c1-41(2)20-15-21-42(3)22-16-23-43(4)24-17-25-44(5)26-18-27-45(6)34-37-53(62(60,61)50-30-11-10-12-31-50)47(8)29-19-28-46(7)38-39-57-49-36-35-48(40-49)56(57,9)54(58)51-32-13-14-33-52(51)55(57)59/h10-14,20,22,24,26,29-36,38,48-49,53H,15-19,21,23,25,27-28,37,39-40H2,1-9H3/b42-22+,43-24+,44-26+,45-34+,46-38+,47-29+. The van der Waals surface area contributed by atoms with E-state index < -0.39 is 25.9 Å². The number of allylic oxidation sites excluding steroid dienone is 15. The summed E-state index contributed by atoms with van der Waals surface area (Å²) in [5, 5.41) is -0.662. The topological polar surface area (TPSA) is 68.3 Å². The number of benzene rings is 2. The van der Waals surface area contributed by atoms with E-state index in [4.69, 9.17) is 0 Å². The minimum absolute atomic E-state index is 0.0426. The van der Waals surface area contributed by atoms with Crippen molar-refractivity contribution in [3.63, 3.8) is 0 Å². The number of hydrogen-bond donors (Lipinski definition) is 0. The molecule has 0 aliphatic heterocycles. The lowest BCUT2D eigenvalue weighted by atomic mass is 9.49. The van der Waals surface area contributed by atoms with Crippen LogP contribution >= 0.6 is 0 Å². The Bertz CT molecular complexity index is 2290. The predicted octanol–water partition coefficient (Wildman–Crippen LogP) is 15.4. The third kappa shape index (κ3) is 11.2. The molecule has 1 saturated carbocycles. The van der Waals surface area contributed by atoms with Gasteiger partial charge in [-0.15, -0.1) is 0 Å². The molecule has 2 aromatic carbocycles. The van der Waals surface area contributed by atoms with Gasteiger partial charge in [-0.1, -0.05) is 143 Å². The van der Waals surface area contributed by atoms with Crippen molar-refractivity contribution in [2.75, 3.05) is 0 Å². The molecule has 4 nitrogen and oxygen atoms in total. The highest BCUT2D eigenvalue weighted by Gasteiger charge is 2.71. The maximum Gasteiger partial charge on any atom is 0.185 e. The zero-order valence-electron chi connectivity index (χ0n) is 39.4. The van der Waals surface area contributed by atoms with Crippen LogP contribution in [0.1, 0.15) is 167 Å². The number of hydrogen-bond acceptors (Lipinski definition) is 4. The van der Waals surface area contributed by atoms with Crippen molar-refractivity contribution in [1.29, 1.82) is 0 Å². The van der Waals surface area contributed by atoms with Crippen molar-refractivity contribution in [2.45, 2.75) is 156 Å². The zero-order valence-corrected chi connectivity index (χ0v) is 40.2.